The topological polar surface area (TPSA) is 86.3 Å². The van der Waals surface area contributed by atoms with E-state index >= 15 is 0 Å². The molecule has 0 saturated heterocycles. The van der Waals surface area contributed by atoms with Crippen molar-refractivity contribution in [3.63, 3.8) is 0 Å². The van der Waals surface area contributed by atoms with Crippen molar-refractivity contribution in [3.8, 4) is 22.8 Å². The number of alkyl halides is 2. The van der Waals surface area contributed by atoms with Gasteiger partial charge >= 0.3 is 12.6 Å². The summed E-state index contributed by atoms with van der Waals surface area (Å²) >= 11 is 0. The average Bonchev–Trinajstić information content (AvgIpc) is 2.98. The van der Waals surface area contributed by atoms with Crippen LogP contribution >= 0.6 is 0 Å². The third kappa shape index (κ3) is 3.93. The number of ether oxygens (including phenoxy) is 3. The number of carbonyl (C=O) groups excluding carboxylic acids is 1. The Morgan fingerprint density at radius 1 is 1.22 bits per heavy atom. The molecule has 23 heavy (non-hydrogen) atoms. The number of esters is 1. The van der Waals surface area contributed by atoms with E-state index in [2.05, 4.69) is 20.1 Å². The second-order valence-corrected chi connectivity index (χ2v) is 4.21. The van der Waals surface area contributed by atoms with Crippen LogP contribution in [0.5, 0.6) is 11.5 Å². The van der Waals surface area contributed by atoms with Crippen molar-refractivity contribution in [3.05, 3.63) is 23.9 Å². The van der Waals surface area contributed by atoms with E-state index in [1.807, 2.05) is 0 Å². The number of aromatic amines is 1. The minimum absolute atomic E-state index is 0.00294. The lowest BCUT2D eigenvalue weighted by Crippen LogP contribution is -2.07. The van der Waals surface area contributed by atoms with E-state index in [1.54, 1.807) is 13.8 Å². The van der Waals surface area contributed by atoms with Crippen molar-refractivity contribution in [1.82, 2.24) is 15.4 Å². The fourth-order valence-corrected chi connectivity index (χ4v) is 1.89. The van der Waals surface area contributed by atoms with Crippen LogP contribution in [0.2, 0.25) is 0 Å². The van der Waals surface area contributed by atoms with Crippen molar-refractivity contribution in [2.75, 3.05) is 13.2 Å². The number of hydrogen-bond acceptors (Lipinski definition) is 6. The smallest absolute Gasteiger partial charge is 0.387 e. The van der Waals surface area contributed by atoms with Gasteiger partial charge in [-0.15, -0.1) is 5.10 Å². The quantitative estimate of drug-likeness (QED) is 0.787. The van der Waals surface area contributed by atoms with E-state index in [4.69, 9.17) is 9.47 Å². The van der Waals surface area contributed by atoms with E-state index in [9.17, 15) is 13.6 Å². The Labute approximate surface area is 130 Å². The zero-order valence-corrected chi connectivity index (χ0v) is 12.5. The summed E-state index contributed by atoms with van der Waals surface area (Å²) in [5, 5.41) is 10.00. The average molecular weight is 327 g/mol. The number of halogens is 2. The molecule has 2 aromatic rings. The van der Waals surface area contributed by atoms with Crippen LogP contribution < -0.4 is 9.47 Å². The van der Waals surface area contributed by atoms with Gasteiger partial charge in [0.05, 0.1) is 13.2 Å². The van der Waals surface area contributed by atoms with Crippen molar-refractivity contribution >= 4 is 5.97 Å². The molecule has 0 fully saturated rings. The molecule has 0 aliphatic heterocycles. The van der Waals surface area contributed by atoms with E-state index in [0.29, 0.717) is 5.56 Å². The molecular formula is C14H15F2N3O4. The summed E-state index contributed by atoms with van der Waals surface area (Å²) in [7, 11) is 0. The monoisotopic (exact) mass is 327 g/mol. The number of hydrogen-bond donors (Lipinski definition) is 1. The van der Waals surface area contributed by atoms with Crippen molar-refractivity contribution in [2.45, 2.75) is 20.5 Å². The molecule has 1 aromatic heterocycles. The molecule has 0 radical (unpaired) electrons. The second-order valence-electron chi connectivity index (χ2n) is 4.21. The molecule has 1 heterocycles. The van der Waals surface area contributed by atoms with Gasteiger partial charge in [0, 0.05) is 5.56 Å². The first-order valence-corrected chi connectivity index (χ1v) is 6.86. The molecule has 0 aliphatic carbocycles. The lowest BCUT2D eigenvalue weighted by Gasteiger charge is -2.12. The van der Waals surface area contributed by atoms with Crippen LogP contribution in [0.4, 0.5) is 8.78 Å². The van der Waals surface area contributed by atoms with Crippen LogP contribution in [-0.4, -0.2) is 41.2 Å². The van der Waals surface area contributed by atoms with Crippen LogP contribution in [-0.2, 0) is 4.74 Å². The summed E-state index contributed by atoms with van der Waals surface area (Å²) in [4.78, 5) is 11.8. The Morgan fingerprint density at radius 3 is 2.65 bits per heavy atom. The molecule has 0 saturated carbocycles. The minimum Gasteiger partial charge on any atom is -0.490 e. The van der Waals surface area contributed by atoms with E-state index < -0.39 is 12.6 Å². The summed E-state index contributed by atoms with van der Waals surface area (Å²) in [6.07, 6.45) is 0. The summed E-state index contributed by atoms with van der Waals surface area (Å²) in [5.74, 6) is -0.628. The van der Waals surface area contributed by atoms with Crippen LogP contribution in [0.1, 0.15) is 24.3 Å². The van der Waals surface area contributed by atoms with Gasteiger partial charge < -0.3 is 14.2 Å². The second kappa shape index (κ2) is 7.52. The lowest BCUT2D eigenvalue weighted by atomic mass is 10.1. The molecule has 0 aliphatic rings. The predicted molar refractivity (Wildman–Crippen MR) is 75.6 cm³/mol. The molecular weight excluding hydrogens is 312 g/mol. The van der Waals surface area contributed by atoms with Gasteiger partial charge in [0.15, 0.2) is 17.2 Å². The zero-order valence-electron chi connectivity index (χ0n) is 12.5. The number of nitrogens with one attached hydrogen (secondary N) is 1. The van der Waals surface area contributed by atoms with Crippen LogP contribution in [0, 0.1) is 0 Å². The summed E-state index contributed by atoms with van der Waals surface area (Å²) in [6, 6.07) is 4.23. The zero-order chi connectivity index (χ0) is 16.8. The van der Waals surface area contributed by atoms with Gasteiger partial charge in [-0.1, -0.05) is 0 Å². The number of H-pyrrole nitrogens is 1. The van der Waals surface area contributed by atoms with Gasteiger partial charge in [-0.05, 0) is 32.0 Å². The summed E-state index contributed by atoms with van der Waals surface area (Å²) < 4.78 is 39.4. The highest BCUT2D eigenvalue weighted by atomic mass is 19.3. The Morgan fingerprint density at radius 2 is 2.00 bits per heavy atom. The third-order valence-electron chi connectivity index (χ3n) is 2.75. The van der Waals surface area contributed by atoms with Crippen molar-refractivity contribution < 1.29 is 27.8 Å². The SMILES string of the molecule is CCOC(=O)c1n[nH]nc1-c1ccc(OC(F)F)c(OCC)c1. The molecule has 0 unspecified atom stereocenters. The standard InChI is InChI=1S/C14H15F2N3O4/c1-3-21-10-7-8(5-6-9(10)23-14(15)16)11-12(18-19-17-11)13(20)22-4-2/h5-7,14H,3-4H2,1-2H3,(H,17,18,19). The minimum atomic E-state index is -2.97. The van der Waals surface area contributed by atoms with Gasteiger partial charge in [-0.2, -0.15) is 19.1 Å². The Kier molecular flexibility index (Phi) is 5.45. The van der Waals surface area contributed by atoms with Gasteiger partial charge in [0.1, 0.15) is 5.69 Å². The molecule has 0 bridgehead atoms. The lowest BCUT2D eigenvalue weighted by molar-refractivity contribution is -0.0514. The third-order valence-corrected chi connectivity index (χ3v) is 2.75. The molecule has 0 spiro atoms. The maximum atomic E-state index is 12.4. The highest BCUT2D eigenvalue weighted by Gasteiger charge is 2.21. The van der Waals surface area contributed by atoms with E-state index in [1.165, 1.54) is 18.2 Å². The molecule has 0 atom stereocenters. The highest BCUT2D eigenvalue weighted by Crippen LogP contribution is 2.34. The Balaban J connectivity index is 2.39. The summed E-state index contributed by atoms with van der Waals surface area (Å²) in [6.45, 7) is 0.853. The molecule has 0 amide bonds. The van der Waals surface area contributed by atoms with Crippen LogP contribution in [0.25, 0.3) is 11.3 Å². The molecule has 9 heteroatoms. The largest absolute Gasteiger partial charge is 0.490 e. The van der Waals surface area contributed by atoms with Crippen molar-refractivity contribution in [1.29, 1.82) is 0 Å². The number of nitrogens with zero attached hydrogens (tertiary/aromatic N) is 2. The molecule has 2 rings (SSSR count). The first kappa shape index (κ1) is 16.7. The first-order chi connectivity index (χ1) is 11.1. The van der Waals surface area contributed by atoms with E-state index in [-0.39, 0.29) is 36.1 Å². The molecule has 1 aromatic carbocycles. The van der Waals surface area contributed by atoms with Gasteiger partial charge in [-0.3, -0.25) is 0 Å². The normalized spacial score (nSPS) is 10.7. The fraction of sp³-hybridized carbons (Fsp3) is 0.357. The fourth-order valence-electron chi connectivity index (χ4n) is 1.89. The Hall–Kier alpha value is -2.71. The maximum Gasteiger partial charge on any atom is 0.387 e. The van der Waals surface area contributed by atoms with E-state index in [0.717, 1.165) is 0 Å². The number of benzene rings is 1. The number of carbonyl (C=O) groups is 1. The van der Waals surface area contributed by atoms with Gasteiger partial charge in [0.25, 0.3) is 0 Å². The van der Waals surface area contributed by atoms with Crippen LogP contribution in [0.15, 0.2) is 18.2 Å². The van der Waals surface area contributed by atoms with Crippen LogP contribution in [0.3, 0.4) is 0 Å². The van der Waals surface area contributed by atoms with Crippen molar-refractivity contribution in [2.24, 2.45) is 0 Å². The molecule has 7 nitrogen and oxygen atoms in total. The highest BCUT2D eigenvalue weighted by molar-refractivity contribution is 5.94. The molecule has 124 valence electrons. The molecule has 1 N–H and O–H groups in total. The summed E-state index contributed by atoms with van der Waals surface area (Å²) in [5.41, 5.74) is 0.677. The van der Waals surface area contributed by atoms with Gasteiger partial charge in [-0.25, -0.2) is 4.79 Å². The predicted octanol–water partition coefficient (Wildman–Crippen LogP) is 2.65. The first-order valence-electron chi connectivity index (χ1n) is 6.86. The Bertz CT molecular complexity index is 676. The number of rotatable bonds is 7. The van der Waals surface area contributed by atoms with Gasteiger partial charge in [0.2, 0.25) is 0 Å². The maximum absolute atomic E-state index is 12.4. The number of aromatic nitrogens is 3.